The summed E-state index contributed by atoms with van der Waals surface area (Å²) in [6, 6.07) is 14.3. The van der Waals surface area contributed by atoms with Gasteiger partial charge in [-0.05, 0) is 24.1 Å². The van der Waals surface area contributed by atoms with Gasteiger partial charge in [-0.2, -0.15) is 5.26 Å². The quantitative estimate of drug-likeness (QED) is 0.668. The van der Waals surface area contributed by atoms with Crippen LogP contribution >= 0.6 is 11.6 Å². The van der Waals surface area contributed by atoms with Crippen LogP contribution in [0.1, 0.15) is 16.7 Å². The summed E-state index contributed by atoms with van der Waals surface area (Å²) in [5.74, 6) is 0. The highest BCUT2D eigenvalue weighted by molar-refractivity contribution is 6.31. The summed E-state index contributed by atoms with van der Waals surface area (Å²) >= 11 is 6.09. The van der Waals surface area contributed by atoms with E-state index in [0.29, 0.717) is 5.56 Å². The molecule has 3 aromatic rings. The minimum Gasteiger partial charge on any atom is -0.328 e. The number of nitriles is 1. The number of aryl methyl sites for hydroxylation is 1. The molecule has 3 rings (SSSR count). The van der Waals surface area contributed by atoms with Gasteiger partial charge in [0.25, 0.3) is 0 Å². The summed E-state index contributed by atoms with van der Waals surface area (Å²) in [4.78, 5) is 4.37. The molecule has 0 atom stereocenters. The van der Waals surface area contributed by atoms with Crippen LogP contribution in [0.4, 0.5) is 0 Å². The number of benzene rings is 1. The Balaban J connectivity index is 2.13. The molecular weight excluding hydrogens is 270 g/mol. The summed E-state index contributed by atoms with van der Waals surface area (Å²) in [6.45, 7) is 2.64. The monoisotopic (exact) mass is 281 g/mol. The third-order valence-corrected chi connectivity index (χ3v) is 3.70. The molecule has 4 heteroatoms. The zero-order chi connectivity index (χ0) is 14.1. The maximum absolute atomic E-state index is 9.12. The topological polar surface area (TPSA) is 41.6 Å². The standard InChI is InChI=1S/C16H12ClN3/c1-11-13-7-8-20(10-12-5-3-2-4-6-12)16(13)19-15(17)14(11)9-18/h2-8H,10H2,1H3. The molecule has 2 aromatic heterocycles. The number of hydrogen-bond acceptors (Lipinski definition) is 2. The summed E-state index contributed by atoms with van der Waals surface area (Å²) in [7, 11) is 0. The zero-order valence-electron chi connectivity index (χ0n) is 11.0. The van der Waals surface area contributed by atoms with Gasteiger partial charge in [0.1, 0.15) is 16.9 Å². The summed E-state index contributed by atoms with van der Waals surface area (Å²) in [5.41, 5.74) is 3.35. The highest BCUT2D eigenvalue weighted by atomic mass is 35.5. The molecule has 3 nitrogen and oxygen atoms in total. The predicted molar refractivity (Wildman–Crippen MR) is 79.7 cm³/mol. The molecule has 0 N–H and O–H groups in total. The van der Waals surface area contributed by atoms with Gasteiger partial charge in [0.05, 0.1) is 5.56 Å². The van der Waals surface area contributed by atoms with Crippen molar-refractivity contribution >= 4 is 22.6 Å². The molecule has 1 aromatic carbocycles. The fourth-order valence-corrected chi connectivity index (χ4v) is 2.62. The summed E-state index contributed by atoms with van der Waals surface area (Å²) < 4.78 is 2.05. The number of aromatic nitrogens is 2. The van der Waals surface area contributed by atoms with Crippen molar-refractivity contribution in [2.75, 3.05) is 0 Å². The van der Waals surface area contributed by atoms with Crippen molar-refractivity contribution < 1.29 is 0 Å². The van der Waals surface area contributed by atoms with Crippen LogP contribution in [0, 0.1) is 18.3 Å². The summed E-state index contributed by atoms with van der Waals surface area (Å²) in [6.07, 6.45) is 1.98. The van der Waals surface area contributed by atoms with Gasteiger partial charge in [-0.15, -0.1) is 0 Å². The number of fused-ring (bicyclic) bond motifs is 1. The predicted octanol–water partition coefficient (Wildman–Crippen LogP) is 3.92. The fourth-order valence-electron chi connectivity index (χ4n) is 2.36. The van der Waals surface area contributed by atoms with E-state index in [1.165, 1.54) is 5.56 Å². The van der Waals surface area contributed by atoms with Gasteiger partial charge < -0.3 is 4.57 Å². The Morgan fingerprint density at radius 2 is 2.00 bits per heavy atom. The van der Waals surface area contributed by atoms with E-state index in [4.69, 9.17) is 16.9 Å². The van der Waals surface area contributed by atoms with Gasteiger partial charge in [0, 0.05) is 18.1 Å². The van der Waals surface area contributed by atoms with Crippen molar-refractivity contribution in [2.45, 2.75) is 13.5 Å². The van der Waals surface area contributed by atoms with Crippen molar-refractivity contribution in [2.24, 2.45) is 0 Å². The molecule has 0 aliphatic rings. The lowest BCUT2D eigenvalue weighted by atomic mass is 10.1. The number of pyridine rings is 1. The van der Waals surface area contributed by atoms with E-state index >= 15 is 0 Å². The van der Waals surface area contributed by atoms with Gasteiger partial charge >= 0.3 is 0 Å². The molecule has 0 radical (unpaired) electrons. The minimum absolute atomic E-state index is 0.269. The first-order valence-corrected chi connectivity index (χ1v) is 6.67. The van der Waals surface area contributed by atoms with Crippen molar-refractivity contribution in [1.29, 1.82) is 5.26 Å². The van der Waals surface area contributed by atoms with Gasteiger partial charge in [0.15, 0.2) is 0 Å². The van der Waals surface area contributed by atoms with Crippen LogP contribution in [-0.2, 0) is 6.54 Å². The Hall–Kier alpha value is -2.31. The average Bonchev–Trinajstić information content (AvgIpc) is 2.84. The van der Waals surface area contributed by atoms with E-state index in [-0.39, 0.29) is 5.15 Å². The Labute approximate surface area is 122 Å². The zero-order valence-corrected chi connectivity index (χ0v) is 11.7. The normalized spacial score (nSPS) is 10.7. The maximum atomic E-state index is 9.12. The van der Waals surface area contributed by atoms with Crippen LogP contribution in [0.2, 0.25) is 5.15 Å². The average molecular weight is 282 g/mol. The first kappa shape index (κ1) is 12.7. The van der Waals surface area contributed by atoms with Crippen LogP contribution in [0.25, 0.3) is 11.0 Å². The minimum atomic E-state index is 0.269. The molecule has 0 unspecified atom stereocenters. The molecule has 0 aliphatic carbocycles. The second kappa shape index (κ2) is 4.99. The molecule has 0 amide bonds. The fraction of sp³-hybridized carbons (Fsp3) is 0.125. The van der Waals surface area contributed by atoms with Gasteiger partial charge in [-0.3, -0.25) is 0 Å². The lowest BCUT2D eigenvalue weighted by Gasteiger charge is -2.07. The molecule has 0 bridgehead atoms. The molecular formula is C16H12ClN3. The van der Waals surface area contributed by atoms with E-state index in [0.717, 1.165) is 23.1 Å². The Morgan fingerprint density at radius 1 is 1.25 bits per heavy atom. The third kappa shape index (κ3) is 2.04. The Bertz CT molecular complexity index is 813. The molecule has 20 heavy (non-hydrogen) atoms. The van der Waals surface area contributed by atoms with E-state index in [1.54, 1.807) is 0 Å². The number of rotatable bonds is 2. The van der Waals surface area contributed by atoms with Crippen LogP contribution in [-0.4, -0.2) is 9.55 Å². The second-order valence-electron chi connectivity index (χ2n) is 4.68. The van der Waals surface area contributed by atoms with Gasteiger partial charge in [-0.25, -0.2) is 4.98 Å². The van der Waals surface area contributed by atoms with E-state index in [2.05, 4.69) is 23.2 Å². The van der Waals surface area contributed by atoms with Gasteiger partial charge in [-0.1, -0.05) is 41.9 Å². The highest BCUT2D eigenvalue weighted by Gasteiger charge is 2.13. The molecule has 0 aliphatic heterocycles. The van der Waals surface area contributed by atoms with Crippen LogP contribution < -0.4 is 0 Å². The molecule has 0 fully saturated rings. The molecule has 98 valence electrons. The Morgan fingerprint density at radius 3 is 2.70 bits per heavy atom. The first-order chi connectivity index (χ1) is 9.70. The molecule has 2 heterocycles. The van der Waals surface area contributed by atoms with E-state index < -0.39 is 0 Å². The number of hydrogen-bond donors (Lipinski definition) is 0. The highest BCUT2D eigenvalue weighted by Crippen LogP contribution is 2.26. The van der Waals surface area contributed by atoms with Crippen molar-refractivity contribution in [3.63, 3.8) is 0 Å². The Kier molecular flexibility index (Phi) is 3.17. The first-order valence-electron chi connectivity index (χ1n) is 6.29. The molecule has 0 saturated heterocycles. The lowest BCUT2D eigenvalue weighted by Crippen LogP contribution is -2.00. The van der Waals surface area contributed by atoms with Crippen molar-refractivity contribution in [1.82, 2.24) is 9.55 Å². The molecule has 0 spiro atoms. The third-order valence-electron chi connectivity index (χ3n) is 3.43. The van der Waals surface area contributed by atoms with Crippen LogP contribution in [0.3, 0.4) is 0 Å². The largest absolute Gasteiger partial charge is 0.328 e. The van der Waals surface area contributed by atoms with Gasteiger partial charge in [0.2, 0.25) is 0 Å². The lowest BCUT2D eigenvalue weighted by molar-refractivity contribution is 0.825. The van der Waals surface area contributed by atoms with E-state index in [9.17, 15) is 0 Å². The van der Waals surface area contributed by atoms with Crippen LogP contribution in [0.5, 0.6) is 0 Å². The number of nitrogens with zero attached hydrogens (tertiary/aromatic N) is 3. The SMILES string of the molecule is Cc1c(C#N)c(Cl)nc2c1ccn2Cc1ccccc1. The smallest absolute Gasteiger partial charge is 0.149 e. The second-order valence-corrected chi connectivity index (χ2v) is 5.04. The van der Waals surface area contributed by atoms with Crippen molar-refractivity contribution in [3.8, 4) is 6.07 Å². The summed E-state index contributed by atoms with van der Waals surface area (Å²) in [5, 5.41) is 10.4. The van der Waals surface area contributed by atoms with Crippen LogP contribution in [0.15, 0.2) is 42.6 Å². The van der Waals surface area contributed by atoms with Crippen molar-refractivity contribution in [3.05, 3.63) is 64.4 Å². The molecule has 0 saturated carbocycles. The maximum Gasteiger partial charge on any atom is 0.149 e. The number of halogens is 1. The van der Waals surface area contributed by atoms with E-state index in [1.807, 2.05) is 42.0 Å².